The number of esters is 1. The summed E-state index contributed by atoms with van der Waals surface area (Å²) in [4.78, 5) is 17.7. The molecule has 0 atom stereocenters. The molecule has 0 aromatic heterocycles. The number of hydrogen-bond donors (Lipinski definition) is 1. The van der Waals surface area contributed by atoms with Crippen LogP contribution < -0.4 is 14.2 Å². The third-order valence-electron chi connectivity index (χ3n) is 4.59. The Morgan fingerprint density at radius 1 is 1.09 bits per heavy atom. The molecule has 1 N–H and O–H groups in total. The molecule has 3 rings (SSSR count). The average Bonchev–Trinajstić information content (AvgIpc) is 3.14. The molecule has 0 saturated heterocycles. The number of thioether (sulfide) groups is 1. The van der Waals surface area contributed by atoms with Gasteiger partial charge in [0.25, 0.3) is 0 Å². The smallest absolute Gasteiger partial charge is 0.344 e. The Kier molecular flexibility index (Phi) is 8.81. The quantitative estimate of drug-likeness (QED) is 0.336. The summed E-state index contributed by atoms with van der Waals surface area (Å²) in [6.45, 7) is 8.36. The third-order valence-corrected chi connectivity index (χ3v) is 5.61. The van der Waals surface area contributed by atoms with E-state index in [2.05, 4.69) is 11.6 Å². The Bertz CT molecular complexity index is 1130. The van der Waals surface area contributed by atoms with Gasteiger partial charge in [-0.15, -0.1) is 0 Å². The largest absolute Gasteiger partial charge is 0.506 e. The molecular formula is C26H27NO6S. The molecule has 178 valence electrons. The fourth-order valence-corrected chi connectivity index (χ4v) is 4.12. The monoisotopic (exact) mass is 481 g/mol. The summed E-state index contributed by atoms with van der Waals surface area (Å²) >= 11 is 1.19. The van der Waals surface area contributed by atoms with E-state index in [0.717, 1.165) is 11.3 Å². The molecule has 0 bridgehead atoms. The normalized spacial score (nSPS) is 15.5. The highest BCUT2D eigenvalue weighted by atomic mass is 32.2. The number of hydrogen-bond acceptors (Lipinski definition) is 8. The van der Waals surface area contributed by atoms with Crippen molar-refractivity contribution >= 4 is 34.5 Å². The fraction of sp³-hybridized carbons (Fsp3) is 0.231. The number of ether oxygens (including phenoxy) is 4. The van der Waals surface area contributed by atoms with Gasteiger partial charge in [-0.3, -0.25) is 0 Å². The summed E-state index contributed by atoms with van der Waals surface area (Å²) in [5, 5.41) is 11.2. The van der Waals surface area contributed by atoms with Crippen LogP contribution >= 0.6 is 11.8 Å². The van der Waals surface area contributed by atoms with E-state index in [1.165, 1.54) is 11.8 Å². The minimum Gasteiger partial charge on any atom is -0.506 e. The van der Waals surface area contributed by atoms with Crippen LogP contribution in [0.4, 0.5) is 5.69 Å². The third kappa shape index (κ3) is 6.02. The van der Waals surface area contributed by atoms with Gasteiger partial charge in [-0.05, 0) is 61.9 Å². The van der Waals surface area contributed by atoms with Crippen LogP contribution in [0, 0.1) is 0 Å². The van der Waals surface area contributed by atoms with Gasteiger partial charge in [-0.1, -0.05) is 30.5 Å². The van der Waals surface area contributed by atoms with Gasteiger partial charge >= 0.3 is 5.97 Å². The first kappa shape index (κ1) is 25.0. The molecule has 0 amide bonds. The molecule has 0 radical (unpaired) electrons. The van der Waals surface area contributed by atoms with Crippen LogP contribution in [0.5, 0.6) is 17.2 Å². The SMILES string of the molecule is C=CCOc1ccc(/C=C2\SC(=Nc3ccc(OCC)cc3)C(C(=O)OCC)=C2O)cc1OC. The summed E-state index contributed by atoms with van der Waals surface area (Å²) in [7, 11) is 1.55. The van der Waals surface area contributed by atoms with Gasteiger partial charge in [0.05, 0.1) is 30.9 Å². The first-order chi connectivity index (χ1) is 16.5. The number of aliphatic hydroxyl groups excluding tert-OH is 1. The highest BCUT2D eigenvalue weighted by Gasteiger charge is 2.33. The van der Waals surface area contributed by atoms with Crippen molar-refractivity contribution in [3.63, 3.8) is 0 Å². The van der Waals surface area contributed by atoms with Crippen molar-refractivity contribution in [2.75, 3.05) is 26.9 Å². The maximum Gasteiger partial charge on any atom is 0.344 e. The molecule has 0 fully saturated rings. The van der Waals surface area contributed by atoms with Crippen molar-refractivity contribution in [2.45, 2.75) is 13.8 Å². The van der Waals surface area contributed by atoms with E-state index < -0.39 is 5.97 Å². The first-order valence-electron chi connectivity index (χ1n) is 10.7. The number of benzene rings is 2. The highest BCUT2D eigenvalue weighted by molar-refractivity contribution is 8.18. The molecule has 2 aromatic carbocycles. The van der Waals surface area contributed by atoms with Crippen LogP contribution in [0.25, 0.3) is 6.08 Å². The maximum atomic E-state index is 12.6. The van der Waals surface area contributed by atoms with Gasteiger partial charge in [-0.25, -0.2) is 9.79 Å². The first-order valence-corrected chi connectivity index (χ1v) is 11.6. The second-order valence-corrected chi connectivity index (χ2v) is 7.94. The number of aliphatic imine (C=N–C) groups is 1. The standard InChI is InChI=1S/C26H27NO6S/c1-5-14-33-20-13-8-17(15-21(20)30-4)16-22-24(28)23(26(29)32-7-3)25(34-22)27-18-9-11-19(12-10-18)31-6-2/h5,8-13,15-16,28H,1,6-7,14H2,2-4H3/b22-16-,27-25?. The number of nitrogens with zero attached hydrogens (tertiary/aromatic N) is 1. The highest BCUT2D eigenvalue weighted by Crippen LogP contribution is 2.41. The molecule has 2 aromatic rings. The number of carbonyl (C=O) groups excluding carboxylic acids is 1. The zero-order chi connectivity index (χ0) is 24.5. The minimum atomic E-state index is -0.633. The van der Waals surface area contributed by atoms with Gasteiger partial charge in [0.2, 0.25) is 0 Å². The van der Waals surface area contributed by atoms with Crippen molar-refractivity contribution in [2.24, 2.45) is 4.99 Å². The van der Waals surface area contributed by atoms with E-state index in [4.69, 9.17) is 18.9 Å². The van der Waals surface area contributed by atoms with Crippen LogP contribution in [0.15, 0.2) is 76.3 Å². The van der Waals surface area contributed by atoms with Gasteiger partial charge < -0.3 is 24.1 Å². The molecule has 0 spiro atoms. The second kappa shape index (κ2) is 12.0. The van der Waals surface area contributed by atoms with E-state index >= 15 is 0 Å². The zero-order valence-corrected chi connectivity index (χ0v) is 20.2. The van der Waals surface area contributed by atoms with E-state index in [1.807, 2.05) is 13.0 Å². The van der Waals surface area contributed by atoms with E-state index in [0.29, 0.717) is 40.3 Å². The van der Waals surface area contributed by atoms with Crippen LogP contribution in [-0.4, -0.2) is 43.0 Å². The van der Waals surface area contributed by atoms with Crippen molar-refractivity contribution < 1.29 is 28.8 Å². The predicted molar refractivity (Wildman–Crippen MR) is 135 cm³/mol. The maximum absolute atomic E-state index is 12.6. The van der Waals surface area contributed by atoms with E-state index in [1.54, 1.807) is 62.6 Å². The van der Waals surface area contributed by atoms with Gasteiger partial charge in [-0.2, -0.15) is 0 Å². The zero-order valence-electron chi connectivity index (χ0n) is 19.4. The van der Waals surface area contributed by atoms with Crippen molar-refractivity contribution in [3.8, 4) is 17.2 Å². The lowest BCUT2D eigenvalue weighted by atomic mass is 10.1. The summed E-state index contributed by atoms with van der Waals surface area (Å²) < 4.78 is 21.6. The van der Waals surface area contributed by atoms with E-state index in [9.17, 15) is 9.90 Å². The van der Waals surface area contributed by atoms with Gasteiger partial charge in [0.1, 0.15) is 28.7 Å². The number of methoxy groups -OCH3 is 1. The molecule has 34 heavy (non-hydrogen) atoms. The topological polar surface area (TPSA) is 86.6 Å². The van der Waals surface area contributed by atoms with Crippen LogP contribution in [-0.2, 0) is 9.53 Å². The van der Waals surface area contributed by atoms with Crippen molar-refractivity contribution in [1.29, 1.82) is 0 Å². The molecule has 8 heteroatoms. The molecule has 1 heterocycles. The Labute approximate surface area is 203 Å². The molecule has 1 aliphatic rings. The van der Waals surface area contributed by atoms with Crippen LogP contribution in [0.2, 0.25) is 0 Å². The Balaban J connectivity index is 1.96. The molecule has 0 aliphatic carbocycles. The van der Waals surface area contributed by atoms with Crippen LogP contribution in [0.1, 0.15) is 19.4 Å². The molecule has 7 nitrogen and oxygen atoms in total. The number of carbonyl (C=O) groups is 1. The van der Waals surface area contributed by atoms with Crippen LogP contribution in [0.3, 0.4) is 0 Å². The van der Waals surface area contributed by atoms with Gasteiger partial charge in [0.15, 0.2) is 11.5 Å². The van der Waals surface area contributed by atoms with E-state index in [-0.39, 0.29) is 17.9 Å². The molecule has 0 unspecified atom stereocenters. The summed E-state index contributed by atoms with van der Waals surface area (Å²) in [6, 6.07) is 12.6. The summed E-state index contributed by atoms with van der Waals surface area (Å²) in [5.74, 6) is 1.03. The number of aliphatic hydroxyl groups is 1. The molecule has 1 aliphatic heterocycles. The fourth-order valence-electron chi connectivity index (χ4n) is 3.09. The Morgan fingerprint density at radius 2 is 1.85 bits per heavy atom. The van der Waals surface area contributed by atoms with Gasteiger partial charge in [0, 0.05) is 0 Å². The van der Waals surface area contributed by atoms with Crippen molar-refractivity contribution in [3.05, 3.63) is 76.9 Å². The lowest BCUT2D eigenvalue weighted by molar-refractivity contribution is -0.138. The van der Waals surface area contributed by atoms with Crippen molar-refractivity contribution in [1.82, 2.24) is 0 Å². The molecular weight excluding hydrogens is 454 g/mol. The average molecular weight is 482 g/mol. The second-order valence-electron chi connectivity index (χ2n) is 6.91. The lowest BCUT2D eigenvalue weighted by Crippen LogP contribution is -2.12. The Morgan fingerprint density at radius 3 is 2.50 bits per heavy atom. The summed E-state index contributed by atoms with van der Waals surface area (Å²) in [6.07, 6.45) is 3.40. The minimum absolute atomic E-state index is 0.0323. The lowest BCUT2D eigenvalue weighted by Gasteiger charge is -2.10. The number of rotatable bonds is 10. The summed E-state index contributed by atoms with van der Waals surface area (Å²) in [5.41, 5.74) is 1.40. The predicted octanol–water partition coefficient (Wildman–Crippen LogP) is 5.85. The Hall–Kier alpha value is -3.65. The molecule has 0 saturated carbocycles.